The van der Waals surface area contributed by atoms with Gasteiger partial charge in [0, 0.05) is 13.2 Å². The highest BCUT2D eigenvalue weighted by Gasteiger charge is 2.33. The Morgan fingerprint density at radius 1 is 1.38 bits per heavy atom. The molecule has 0 aromatic rings. The third-order valence-electron chi connectivity index (χ3n) is 3.80. The van der Waals surface area contributed by atoms with Gasteiger partial charge in [-0.1, -0.05) is 6.92 Å². The molecule has 2 atom stereocenters. The SMILES string of the molecule is CCCNC(C)(CCCCOC1CCOC1)C(=O)OCC. The van der Waals surface area contributed by atoms with Crippen LogP contribution in [0.2, 0.25) is 0 Å². The summed E-state index contributed by atoms with van der Waals surface area (Å²) >= 11 is 0. The molecule has 2 unspecified atom stereocenters. The lowest BCUT2D eigenvalue weighted by Crippen LogP contribution is -2.50. The molecule has 1 saturated heterocycles. The van der Waals surface area contributed by atoms with E-state index in [1.165, 1.54) is 0 Å². The van der Waals surface area contributed by atoms with Crippen LogP contribution in [0.3, 0.4) is 0 Å². The number of hydrogen-bond acceptors (Lipinski definition) is 5. The smallest absolute Gasteiger partial charge is 0.326 e. The molecule has 5 nitrogen and oxygen atoms in total. The maximum atomic E-state index is 12.1. The topological polar surface area (TPSA) is 56.8 Å². The zero-order chi connectivity index (χ0) is 15.6. The Labute approximate surface area is 128 Å². The molecule has 0 aromatic carbocycles. The van der Waals surface area contributed by atoms with E-state index in [-0.39, 0.29) is 12.1 Å². The van der Waals surface area contributed by atoms with Crippen molar-refractivity contribution in [2.45, 2.75) is 64.5 Å². The first-order chi connectivity index (χ1) is 10.1. The maximum Gasteiger partial charge on any atom is 0.326 e. The van der Waals surface area contributed by atoms with E-state index in [2.05, 4.69) is 12.2 Å². The molecule has 0 aliphatic carbocycles. The number of unbranched alkanes of at least 4 members (excludes halogenated alkanes) is 1. The summed E-state index contributed by atoms with van der Waals surface area (Å²) in [6.45, 7) is 9.39. The van der Waals surface area contributed by atoms with Crippen LogP contribution in [0, 0.1) is 0 Å². The normalized spacial score (nSPS) is 21.2. The highest BCUT2D eigenvalue weighted by molar-refractivity contribution is 5.80. The van der Waals surface area contributed by atoms with E-state index in [4.69, 9.17) is 14.2 Å². The van der Waals surface area contributed by atoms with E-state index in [0.29, 0.717) is 6.61 Å². The number of ether oxygens (including phenoxy) is 3. The van der Waals surface area contributed by atoms with Gasteiger partial charge in [0.2, 0.25) is 0 Å². The number of carbonyl (C=O) groups excluding carboxylic acids is 1. The van der Waals surface area contributed by atoms with Gasteiger partial charge >= 0.3 is 5.97 Å². The van der Waals surface area contributed by atoms with E-state index < -0.39 is 5.54 Å². The molecule has 0 saturated carbocycles. The van der Waals surface area contributed by atoms with E-state index in [1.54, 1.807) is 0 Å². The molecular weight excluding hydrogens is 270 g/mol. The van der Waals surface area contributed by atoms with Crippen LogP contribution < -0.4 is 5.32 Å². The second-order valence-electron chi connectivity index (χ2n) is 5.79. The van der Waals surface area contributed by atoms with Gasteiger partial charge in [0.25, 0.3) is 0 Å². The summed E-state index contributed by atoms with van der Waals surface area (Å²) in [5, 5.41) is 3.33. The summed E-state index contributed by atoms with van der Waals surface area (Å²) in [6, 6.07) is 0. The predicted molar refractivity (Wildman–Crippen MR) is 82.4 cm³/mol. The van der Waals surface area contributed by atoms with Gasteiger partial charge in [-0.25, -0.2) is 0 Å². The summed E-state index contributed by atoms with van der Waals surface area (Å²) < 4.78 is 16.2. The van der Waals surface area contributed by atoms with Crippen molar-refractivity contribution in [2.24, 2.45) is 0 Å². The monoisotopic (exact) mass is 301 g/mol. The summed E-state index contributed by atoms with van der Waals surface area (Å²) in [6.07, 6.45) is 4.94. The molecule has 21 heavy (non-hydrogen) atoms. The molecule has 0 aromatic heterocycles. The van der Waals surface area contributed by atoms with Crippen LogP contribution in [0.25, 0.3) is 0 Å². The molecule has 5 heteroatoms. The average Bonchev–Trinajstić information content (AvgIpc) is 2.98. The first-order valence-corrected chi connectivity index (χ1v) is 8.24. The summed E-state index contributed by atoms with van der Waals surface area (Å²) in [5.74, 6) is -0.149. The van der Waals surface area contributed by atoms with Crippen molar-refractivity contribution in [3.8, 4) is 0 Å². The molecule has 1 heterocycles. The Kier molecular flexibility index (Phi) is 8.88. The first-order valence-electron chi connectivity index (χ1n) is 8.24. The van der Waals surface area contributed by atoms with Gasteiger partial charge in [0.1, 0.15) is 5.54 Å². The predicted octanol–water partition coefficient (Wildman–Crippen LogP) is 2.28. The van der Waals surface area contributed by atoms with E-state index in [9.17, 15) is 4.79 Å². The maximum absolute atomic E-state index is 12.1. The van der Waals surface area contributed by atoms with Crippen LogP contribution in [-0.4, -0.2) is 50.6 Å². The van der Waals surface area contributed by atoms with Crippen LogP contribution in [0.4, 0.5) is 0 Å². The fraction of sp³-hybridized carbons (Fsp3) is 0.938. The Hall–Kier alpha value is -0.650. The highest BCUT2D eigenvalue weighted by Crippen LogP contribution is 2.17. The molecule has 0 amide bonds. The van der Waals surface area contributed by atoms with E-state index in [0.717, 1.165) is 58.5 Å². The zero-order valence-corrected chi connectivity index (χ0v) is 13.8. The number of esters is 1. The van der Waals surface area contributed by atoms with Crippen molar-refractivity contribution in [3.63, 3.8) is 0 Å². The van der Waals surface area contributed by atoms with E-state index >= 15 is 0 Å². The van der Waals surface area contributed by atoms with Crippen LogP contribution in [0.1, 0.15) is 52.9 Å². The molecule has 1 rings (SSSR count). The van der Waals surface area contributed by atoms with Crippen molar-refractivity contribution < 1.29 is 19.0 Å². The quantitative estimate of drug-likeness (QED) is 0.469. The largest absolute Gasteiger partial charge is 0.465 e. The zero-order valence-electron chi connectivity index (χ0n) is 13.8. The van der Waals surface area contributed by atoms with Crippen LogP contribution in [0.5, 0.6) is 0 Å². The highest BCUT2D eigenvalue weighted by atomic mass is 16.5. The average molecular weight is 301 g/mol. The van der Waals surface area contributed by atoms with Gasteiger partial charge in [-0.15, -0.1) is 0 Å². The molecule has 0 radical (unpaired) electrons. The Bertz CT molecular complexity index is 292. The lowest BCUT2D eigenvalue weighted by Gasteiger charge is -2.28. The number of hydrogen-bond donors (Lipinski definition) is 1. The van der Waals surface area contributed by atoms with Crippen molar-refractivity contribution >= 4 is 5.97 Å². The molecule has 1 aliphatic rings. The second-order valence-corrected chi connectivity index (χ2v) is 5.79. The third kappa shape index (κ3) is 6.76. The van der Waals surface area contributed by atoms with Crippen molar-refractivity contribution in [3.05, 3.63) is 0 Å². The fourth-order valence-electron chi connectivity index (χ4n) is 2.43. The molecular formula is C16H31NO4. The minimum atomic E-state index is -0.581. The summed E-state index contributed by atoms with van der Waals surface area (Å²) in [4.78, 5) is 12.1. The number of rotatable bonds is 11. The number of nitrogens with one attached hydrogen (secondary N) is 1. The van der Waals surface area contributed by atoms with Crippen molar-refractivity contribution in [2.75, 3.05) is 33.0 Å². The van der Waals surface area contributed by atoms with Crippen molar-refractivity contribution in [1.82, 2.24) is 5.32 Å². The third-order valence-corrected chi connectivity index (χ3v) is 3.80. The molecule has 1 fully saturated rings. The van der Waals surface area contributed by atoms with Gasteiger partial charge in [-0.2, -0.15) is 0 Å². The van der Waals surface area contributed by atoms with Gasteiger partial charge in [-0.05, 0) is 52.5 Å². The van der Waals surface area contributed by atoms with Crippen LogP contribution >= 0.6 is 0 Å². The van der Waals surface area contributed by atoms with Gasteiger partial charge < -0.3 is 19.5 Å². The molecule has 1 aliphatic heterocycles. The molecule has 0 spiro atoms. The van der Waals surface area contributed by atoms with Crippen LogP contribution in [-0.2, 0) is 19.0 Å². The molecule has 1 N–H and O–H groups in total. The standard InChI is InChI=1S/C16H31NO4/c1-4-10-17-16(3,15(18)20-5-2)9-6-7-11-21-14-8-12-19-13-14/h14,17H,4-13H2,1-3H3. The fourth-order valence-corrected chi connectivity index (χ4v) is 2.43. The molecule has 0 bridgehead atoms. The van der Waals surface area contributed by atoms with Crippen LogP contribution in [0.15, 0.2) is 0 Å². The Morgan fingerprint density at radius 3 is 2.81 bits per heavy atom. The van der Waals surface area contributed by atoms with E-state index in [1.807, 2.05) is 13.8 Å². The second kappa shape index (κ2) is 10.1. The lowest BCUT2D eigenvalue weighted by atomic mass is 9.94. The minimum absolute atomic E-state index is 0.149. The number of carbonyl (C=O) groups is 1. The Morgan fingerprint density at radius 2 is 2.19 bits per heavy atom. The minimum Gasteiger partial charge on any atom is -0.465 e. The van der Waals surface area contributed by atoms with Gasteiger partial charge in [0.05, 0.1) is 19.3 Å². The summed E-state index contributed by atoms with van der Waals surface area (Å²) in [5.41, 5.74) is -0.581. The first kappa shape index (κ1) is 18.4. The van der Waals surface area contributed by atoms with Crippen molar-refractivity contribution in [1.29, 1.82) is 0 Å². The lowest BCUT2D eigenvalue weighted by molar-refractivity contribution is -0.151. The van der Waals surface area contributed by atoms with Gasteiger partial charge in [-0.3, -0.25) is 4.79 Å². The summed E-state index contributed by atoms with van der Waals surface area (Å²) in [7, 11) is 0. The molecule has 124 valence electrons. The van der Waals surface area contributed by atoms with Gasteiger partial charge in [0.15, 0.2) is 0 Å². The Balaban J connectivity index is 2.25.